The van der Waals surface area contributed by atoms with Crippen molar-refractivity contribution in [2.75, 3.05) is 31.6 Å². The minimum Gasteiger partial charge on any atom is -0.453 e. The summed E-state index contributed by atoms with van der Waals surface area (Å²) in [4.78, 5) is 59.7. The van der Waals surface area contributed by atoms with Crippen molar-refractivity contribution in [3.05, 3.63) is 77.1 Å². The van der Waals surface area contributed by atoms with Crippen LogP contribution in [0.25, 0.3) is 22.5 Å². The summed E-state index contributed by atoms with van der Waals surface area (Å²) in [6.07, 6.45) is 6.40. The first-order valence-corrected chi connectivity index (χ1v) is 19.5. The second-order valence-electron chi connectivity index (χ2n) is 15.8. The van der Waals surface area contributed by atoms with Crippen LogP contribution >= 0.6 is 0 Å². The van der Waals surface area contributed by atoms with E-state index in [2.05, 4.69) is 26.3 Å². The molecular weight excluding hydrogens is 721 g/mol. The predicted octanol–water partition coefficient (Wildman–Crippen LogP) is 6.00. The number of fused-ring (bicyclic) bond motifs is 1. The second kappa shape index (κ2) is 16.0. The summed E-state index contributed by atoms with van der Waals surface area (Å²) in [6.45, 7) is 9.50. The van der Waals surface area contributed by atoms with Gasteiger partial charge in [0.25, 0.3) is 0 Å². The summed E-state index contributed by atoms with van der Waals surface area (Å²) >= 11 is 0. The van der Waals surface area contributed by atoms with Gasteiger partial charge >= 0.3 is 6.09 Å². The Morgan fingerprint density at radius 3 is 2.23 bits per heavy atom. The number of carbonyl (C=O) groups is 3. The number of aromatic nitrogens is 4. The van der Waals surface area contributed by atoms with Crippen molar-refractivity contribution < 1.29 is 27.9 Å². The smallest absolute Gasteiger partial charge is 0.407 e. The quantitative estimate of drug-likeness (QED) is 0.153. The molecule has 2 aromatic heterocycles. The average Bonchev–Trinajstić information content (AvgIpc) is 4.02. The Hall–Kier alpha value is -5.31. The number of H-pyrrole nitrogens is 2. The number of ether oxygens (including phenoxy) is 1. The standard InChI is InChI=1S/C41H51F2N9O4/c1-22(2)34(44)39(53)51-13-6-8-32(51)37-45-19-30(47-37)25-10-11-26-21-50(15-12-24(26)16-25)36-28(42)17-27(18-29(36)43)31-20-46-38(48-31)33-9-7-14-52(33)40(54)35(23(3)4)49-41(55)56-5/h10-11,16-20,22-23,32-35H,6-9,12-15,21,44H2,1-5H3,(H,45,47)(H,46,48)(H,49,55)/t32-,33-,34-,35-/m0/s1. The van der Waals surface area contributed by atoms with Crippen LogP contribution in [0.3, 0.4) is 0 Å². The highest BCUT2D eigenvalue weighted by Gasteiger charge is 2.38. The van der Waals surface area contributed by atoms with Gasteiger partial charge in [-0.3, -0.25) is 9.59 Å². The molecule has 56 heavy (non-hydrogen) atoms. The number of nitrogens with one attached hydrogen (secondary N) is 3. The van der Waals surface area contributed by atoms with Crippen molar-refractivity contribution in [3.63, 3.8) is 0 Å². The molecule has 298 valence electrons. The zero-order valence-electron chi connectivity index (χ0n) is 32.6. The number of aromatic amines is 2. The summed E-state index contributed by atoms with van der Waals surface area (Å²) < 4.78 is 36.4. The molecule has 0 saturated carbocycles. The van der Waals surface area contributed by atoms with E-state index in [4.69, 9.17) is 15.5 Å². The fourth-order valence-corrected chi connectivity index (χ4v) is 8.22. The Morgan fingerprint density at radius 1 is 0.893 bits per heavy atom. The lowest BCUT2D eigenvalue weighted by atomic mass is 9.96. The van der Waals surface area contributed by atoms with Crippen LogP contribution in [0.15, 0.2) is 42.7 Å². The zero-order valence-corrected chi connectivity index (χ0v) is 32.6. The number of imidazole rings is 2. The van der Waals surface area contributed by atoms with Gasteiger partial charge in [0.1, 0.15) is 35.0 Å². The van der Waals surface area contributed by atoms with Crippen LogP contribution in [-0.2, 0) is 27.3 Å². The number of benzene rings is 2. The number of rotatable bonds is 10. The van der Waals surface area contributed by atoms with E-state index < -0.39 is 29.8 Å². The first-order chi connectivity index (χ1) is 26.8. The third-order valence-electron chi connectivity index (χ3n) is 11.4. The van der Waals surface area contributed by atoms with Crippen LogP contribution in [0.5, 0.6) is 0 Å². The van der Waals surface area contributed by atoms with Gasteiger partial charge in [-0.05, 0) is 73.3 Å². The number of nitrogens with zero attached hydrogens (tertiary/aromatic N) is 5. The van der Waals surface area contributed by atoms with E-state index in [1.807, 2.05) is 50.9 Å². The lowest BCUT2D eigenvalue weighted by molar-refractivity contribution is -0.136. The molecule has 3 aliphatic rings. The van der Waals surface area contributed by atoms with E-state index in [1.54, 1.807) is 9.80 Å². The van der Waals surface area contributed by atoms with Gasteiger partial charge in [0, 0.05) is 43.5 Å². The Morgan fingerprint density at radius 2 is 1.57 bits per heavy atom. The van der Waals surface area contributed by atoms with Gasteiger partial charge in [0.15, 0.2) is 0 Å². The summed E-state index contributed by atoms with van der Waals surface area (Å²) in [5.41, 5.74) is 10.6. The molecule has 2 aromatic carbocycles. The molecule has 13 nitrogen and oxygen atoms in total. The van der Waals surface area contributed by atoms with Gasteiger partial charge in [-0.25, -0.2) is 23.5 Å². The Kier molecular flexibility index (Phi) is 11.2. The lowest BCUT2D eigenvalue weighted by Crippen LogP contribution is -2.51. The normalized spacial score (nSPS) is 19.4. The molecule has 2 fully saturated rings. The summed E-state index contributed by atoms with van der Waals surface area (Å²) in [5, 5.41) is 2.64. The maximum absolute atomic E-state index is 15.9. The highest BCUT2D eigenvalue weighted by atomic mass is 19.1. The Bertz CT molecular complexity index is 2070. The molecule has 0 unspecified atom stereocenters. The molecule has 0 spiro atoms. The monoisotopic (exact) mass is 771 g/mol. The number of alkyl carbamates (subject to hydrolysis) is 1. The van der Waals surface area contributed by atoms with Crippen molar-refractivity contribution >= 4 is 23.6 Å². The zero-order chi connectivity index (χ0) is 39.8. The number of methoxy groups -OCH3 is 1. The first kappa shape index (κ1) is 38.9. The predicted molar refractivity (Wildman–Crippen MR) is 207 cm³/mol. The maximum Gasteiger partial charge on any atom is 0.407 e. The fraction of sp³-hybridized carbons (Fsp3) is 0.488. The Balaban J connectivity index is 1.03. The highest BCUT2D eigenvalue weighted by Crippen LogP contribution is 2.37. The van der Waals surface area contributed by atoms with Gasteiger partial charge < -0.3 is 40.5 Å². The molecule has 0 radical (unpaired) electrons. The van der Waals surface area contributed by atoms with E-state index >= 15 is 8.78 Å². The van der Waals surface area contributed by atoms with Crippen LogP contribution in [0.4, 0.5) is 19.3 Å². The van der Waals surface area contributed by atoms with Crippen molar-refractivity contribution in [2.24, 2.45) is 17.6 Å². The van der Waals surface area contributed by atoms with E-state index in [9.17, 15) is 14.4 Å². The molecular formula is C41H51F2N9O4. The number of carbonyl (C=O) groups excluding carboxylic acids is 3. The number of hydrogen-bond acceptors (Lipinski definition) is 8. The van der Waals surface area contributed by atoms with Gasteiger partial charge in [-0.2, -0.15) is 0 Å². The van der Waals surface area contributed by atoms with Crippen LogP contribution in [0.2, 0.25) is 0 Å². The van der Waals surface area contributed by atoms with Crippen LogP contribution in [0, 0.1) is 23.5 Å². The number of halogens is 2. The third-order valence-corrected chi connectivity index (χ3v) is 11.4. The number of likely N-dealkylation sites (tertiary alicyclic amines) is 2. The highest BCUT2D eigenvalue weighted by molar-refractivity contribution is 5.86. The van der Waals surface area contributed by atoms with E-state index in [0.29, 0.717) is 56.1 Å². The molecule has 0 bridgehead atoms. The summed E-state index contributed by atoms with van der Waals surface area (Å²) in [7, 11) is 1.25. The van der Waals surface area contributed by atoms with Crippen molar-refractivity contribution in [2.45, 2.75) is 90.5 Å². The molecule has 2 saturated heterocycles. The Labute approximate surface area is 325 Å². The van der Waals surface area contributed by atoms with E-state index in [1.165, 1.54) is 25.4 Å². The minimum absolute atomic E-state index is 0.0451. The number of anilines is 1. The van der Waals surface area contributed by atoms with Gasteiger partial charge in [0.05, 0.1) is 42.8 Å². The fourth-order valence-electron chi connectivity index (χ4n) is 8.22. The molecule has 15 heteroatoms. The molecule has 0 aliphatic carbocycles. The molecule has 3 amide bonds. The molecule has 4 atom stereocenters. The minimum atomic E-state index is -0.775. The average molecular weight is 772 g/mol. The van der Waals surface area contributed by atoms with Crippen LogP contribution in [0.1, 0.15) is 88.2 Å². The number of nitrogens with two attached hydrogens (primary N) is 1. The molecule has 4 aromatic rings. The summed E-state index contributed by atoms with van der Waals surface area (Å²) in [5.74, 6) is -0.530. The largest absolute Gasteiger partial charge is 0.453 e. The molecule has 5 heterocycles. The number of hydrogen-bond donors (Lipinski definition) is 4. The molecule has 7 rings (SSSR count). The topological polar surface area (TPSA) is 166 Å². The van der Waals surface area contributed by atoms with Crippen molar-refractivity contribution in [3.8, 4) is 22.5 Å². The first-order valence-electron chi connectivity index (χ1n) is 19.5. The third kappa shape index (κ3) is 7.60. The van der Waals surface area contributed by atoms with Crippen LogP contribution in [-0.4, -0.2) is 86.5 Å². The van der Waals surface area contributed by atoms with Gasteiger partial charge in [-0.1, -0.05) is 39.8 Å². The van der Waals surface area contributed by atoms with E-state index in [-0.39, 0.29) is 41.4 Å². The maximum atomic E-state index is 15.9. The van der Waals surface area contributed by atoms with Crippen LogP contribution < -0.4 is 16.0 Å². The van der Waals surface area contributed by atoms with E-state index in [0.717, 1.165) is 47.5 Å². The van der Waals surface area contributed by atoms with Crippen molar-refractivity contribution in [1.29, 1.82) is 0 Å². The van der Waals surface area contributed by atoms with Crippen molar-refractivity contribution in [1.82, 2.24) is 35.1 Å². The van der Waals surface area contributed by atoms with Gasteiger partial charge in [0.2, 0.25) is 11.8 Å². The summed E-state index contributed by atoms with van der Waals surface area (Å²) in [6, 6.07) is 6.82. The molecule has 3 aliphatic heterocycles. The lowest BCUT2D eigenvalue weighted by Gasteiger charge is -2.31. The SMILES string of the molecule is COC(=O)N[C@H](C(=O)N1CCC[C@H]1c1ncc(-c2cc(F)c(N3CCc4cc(-c5c[nH]c([C@@H]6CCCN6C(=O)[C@@H](N)C(C)C)n5)ccc4C3)c(F)c2)[nH]1)C(C)C. The second-order valence-corrected chi connectivity index (χ2v) is 15.8. The molecule has 5 N–H and O–H groups in total. The number of amides is 3. The van der Waals surface area contributed by atoms with Gasteiger partial charge in [-0.15, -0.1) is 0 Å².